The fourth-order valence-corrected chi connectivity index (χ4v) is 2.34. The van der Waals surface area contributed by atoms with Crippen LogP contribution in [0.3, 0.4) is 0 Å². The molecule has 2 heteroatoms. The lowest BCUT2D eigenvalue weighted by atomic mass is 9.87. The van der Waals surface area contributed by atoms with Gasteiger partial charge >= 0.3 is 0 Å². The quantitative estimate of drug-likeness (QED) is 0.869. The van der Waals surface area contributed by atoms with E-state index in [-0.39, 0.29) is 5.41 Å². The fraction of sp³-hybridized carbons (Fsp3) is 0.625. The van der Waals surface area contributed by atoms with E-state index >= 15 is 0 Å². The molecule has 1 atom stereocenters. The molecule has 1 aliphatic rings. The lowest BCUT2D eigenvalue weighted by Gasteiger charge is -2.19. The van der Waals surface area contributed by atoms with Gasteiger partial charge in [0.1, 0.15) is 0 Å². The third-order valence-corrected chi connectivity index (χ3v) is 3.57. The van der Waals surface area contributed by atoms with Crippen LogP contribution in [0.15, 0.2) is 24.3 Å². The summed E-state index contributed by atoms with van der Waals surface area (Å²) in [6, 6.07) is 8.79. The molecule has 1 aromatic carbocycles. The monoisotopic (exact) mass is 247 g/mol. The molecule has 100 valence electrons. The minimum atomic E-state index is 0.232. The lowest BCUT2D eigenvalue weighted by molar-refractivity contribution is 0.107. The van der Waals surface area contributed by atoms with Crippen LogP contribution < -0.4 is 5.32 Å². The molecule has 1 aromatic rings. The van der Waals surface area contributed by atoms with Crippen LogP contribution in [0.4, 0.5) is 5.69 Å². The maximum atomic E-state index is 5.61. The van der Waals surface area contributed by atoms with Crippen molar-refractivity contribution in [1.29, 1.82) is 0 Å². The molecular formula is C16H25NO. The van der Waals surface area contributed by atoms with Gasteiger partial charge in [0.15, 0.2) is 0 Å². The normalized spacial score (nSPS) is 20.1. The zero-order chi connectivity index (χ0) is 13.0. The molecule has 18 heavy (non-hydrogen) atoms. The van der Waals surface area contributed by atoms with Gasteiger partial charge < -0.3 is 10.1 Å². The highest BCUT2D eigenvalue weighted by Gasteiger charge is 2.15. The molecule has 1 N–H and O–H groups in total. The van der Waals surface area contributed by atoms with E-state index in [2.05, 4.69) is 50.4 Å². The van der Waals surface area contributed by atoms with E-state index in [1.54, 1.807) is 0 Å². The van der Waals surface area contributed by atoms with Crippen LogP contribution in [-0.4, -0.2) is 19.3 Å². The number of benzene rings is 1. The van der Waals surface area contributed by atoms with Crippen LogP contribution in [0.2, 0.25) is 0 Å². The summed E-state index contributed by atoms with van der Waals surface area (Å²) < 4.78 is 5.61. The molecule has 1 saturated heterocycles. The molecule has 0 amide bonds. The van der Waals surface area contributed by atoms with Crippen molar-refractivity contribution in [2.75, 3.05) is 18.5 Å². The molecule has 2 rings (SSSR count). The fourth-order valence-electron chi connectivity index (χ4n) is 2.34. The largest absolute Gasteiger partial charge is 0.385 e. The number of rotatable bonds is 4. The standard InChI is InChI=1S/C16H25NO/c1-16(2,3)13-6-8-14(9-7-13)17-11-10-15-5-4-12-18-15/h6-9,15,17H,4-5,10-12H2,1-3H3. The van der Waals surface area contributed by atoms with Crippen molar-refractivity contribution >= 4 is 5.69 Å². The van der Waals surface area contributed by atoms with E-state index in [1.807, 2.05) is 0 Å². The first-order valence-electron chi connectivity index (χ1n) is 7.02. The Labute approximate surface area is 111 Å². The second-order valence-electron chi connectivity index (χ2n) is 6.18. The average Bonchev–Trinajstić information content (AvgIpc) is 2.82. The summed E-state index contributed by atoms with van der Waals surface area (Å²) in [5, 5.41) is 3.47. The van der Waals surface area contributed by atoms with Gasteiger partial charge in [0.2, 0.25) is 0 Å². The van der Waals surface area contributed by atoms with Gasteiger partial charge in [-0.15, -0.1) is 0 Å². The molecule has 0 radical (unpaired) electrons. The van der Waals surface area contributed by atoms with Crippen LogP contribution in [0, 0.1) is 0 Å². The molecule has 2 nitrogen and oxygen atoms in total. The number of nitrogens with one attached hydrogen (secondary N) is 1. The summed E-state index contributed by atoms with van der Waals surface area (Å²) in [6.07, 6.45) is 4.04. The summed E-state index contributed by atoms with van der Waals surface area (Å²) in [4.78, 5) is 0. The van der Waals surface area contributed by atoms with E-state index < -0.39 is 0 Å². The Morgan fingerprint density at radius 3 is 2.50 bits per heavy atom. The van der Waals surface area contributed by atoms with Gasteiger partial charge in [-0.25, -0.2) is 0 Å². The summed E-state index contributed by atoms with van der Waals surface area (Å²) >= 11 is 0. The highest BCUT2D eigenvalue weighted by Crippen LogP contribution is 2.23. The van der Waals surface area contributed by atoms with Crippen molar-refractivity contribution in [2.45, 2.75) is 51.6 Å². The Morgan fingerprint density at radius 2 is 1.94 bits per heavy atom. The van der Waals surface area contributed by atoms with Gasteiger partial charge in [0.05, 0.1) is 6.10 Å². The first-order valence-corrected chi connectivity index (χ1v) is 7.02. The number of ether oxygens (including phenoxy) is 1. The molecule has 0 spiro atoms. The molecule has 1 aliphatic heterocycles. The van der Waals surface area contributed by atoms with Gasteiger partial charge in [0.25, 0.3) is 0 Å². The van der Waals surface area contributed by atoms with Gasteiger partial charge in [-0.3, -0.25) is 0 Å². The third kappa shape index (κ3) is 3.74. The molecule has 0 aliphatic carbocycles. The predicted octanol–water partition coefficient (Wildman–Crippen LogP) is 3.97. The summed E-state index contributed by atoms with van der Waals surface area (Å²) in [5.41, 5.74) is 2.82. The van der Waals surface area contributed by atoms with Crippen molar-refractivity contribution in [3.63, 3.8) is 0 Å². The molecule has 0 saturated carbocycles. The Bertz CT molecular complexity index is 358. The van der Waals surface area contributed by atoms with Crippen molar-refractivity contribution in [1.82, 2.24) is 0 Å². The van der Waals surface area contributed by atoms with Gasteiger partial charge in [-0.1, -0.05) is 32.9 Å². The highest BCUT2D eigenvalue weighted by molar-refractivity contribution is 5.45. The van der Waals surface area contributed by atoms with E-state index in [0.29, 0.717) is 6.10 Å². The summed E-state index contributed by atoms with van der Waals surface area (Å²) in [7, 11) is 0. The first kappa shape index (κ1) is 13.4. The van der Waals surface area contributed by atoms with E-state index in [1.165, 1.54) is 24.1 Å². The topological polar surface area (TPSA) is 21.3 Å². The highest BCUT2D eigenvalue weighted by atomic mass is 16.5. The maximum absolute atomic E-state index is 5.61. The minimum absolute atomic E-state index is 0.232. The second kappa shape index (κ2) is 5.75. The van der Waals surface area contributed by atoms with E-state index in [9.17, 15) is 0 Å². The number of hydrogen-bond donors (Lipinski definition) is 1. The van der Waals surface area contributed by atoms with Crippen molar-refractivity contribution in [3.05, 3.63) is 29.8 Å². The van der Waals surface area contributed by atoms with Crippen molar-refractivity contribution < 1.29 is 4.74 Å². The van der Waals surface area contributed by atoms with Crippen molar-refractivity contribution in [3.8, 4) is 0 Å². The average molecular weight is 247 g/mol. The van der Waals surface area contributed by atoms with Crippen LogP contribution in [0.1, 0.15) is 45.6 Å². The van der Waals surface area contributed by atoms with Gasteiger partial charge in [-0.05, 0) is 42.4 Å². The smallest absolute Gasteiger partial charge is 0.0592 e. The maximum Gasteiger partial charge on any atom is 0.0592 e. The number of hydrogen-bond acceptors (Lipinski definition) is 2. The summed E-state index contributed by atoms with van der Waals surface area (Å²) in [5.74, 6) is 0. The minimum Gasteiger partial charge on any atom is -0.385 e. The third-order valence-electron chi connectivity index (χ3n) is 3.57. The zero-order valence-corrected chi connectivity index (χ0v) is 11.8. The van der Waals surface area contributed by atoms with Crippen molar-refractivity contribution in [2.24, 2.45) is 0 Å². The van der Waals surface area contributed by atoms with Crippen LogP contribution in [0.5, 0.6) is 0 Å². The lowest BCUT2D eigenvalue weighted by Crippen LogP contribution is -2.13. The SMILES string of the molecule is CC(C)(C)c1ccc(NCCC2CCCO2)cc1. The number of anilines is 1. The van der Waals surface area contributed by atoms with Crippen LogP contribution in [-0.2, 0) is 10.2 Å². The molecule has 1 unspecified atom stereocenters. The molecule has 0 bridgehead atoms. The second-order valence-corrected chi connectivity index (χ2v) is 6.18. The van der Waals surface area contributed by atoms with Crippen LogP contribution in [0.25, 0.3) is 0 Å². The summed E-state index contributed by atoms with van der Waals surface area (Å²) in [6.45, 7) is 8.68. The van der Waals surface area contributed by atoms with E-state index in [4.69, 9.17) is 4.74 Å². The van der Waals surface area contributed by atoms with Gasteiger partial charge in [-0.2, -0.15) is 0 Å². The van der Waals surface area contributed by atoms with Crippen LogP contribution >= 0.6 is 0 Å². The Morgan fingerprint density at radius 1 is 1.22 bits per heavy atom. The predicted molar refractivity (Wildman–Crippen MR) is 77.2 cm³/mol. The Hall–Kier alpha value is -1.02. The molecular weight excluding hydrogens is 222 g/mol. The molecule has 1 heterocycles. The molecule has 1 fully saturated rings. The Balaban J connectivity index is 1.79. The molecule has 0 aromatic heterocycles. The first-order chi connectivity index (χ1) is 8.55. The zero-order valence-electron chi connectivity index (χ0n) is 11.8. The van der Waals surface area contributed by atoms with Gasteiger partial charge in [0, 0.05) is 18.8 Å². The Kier molecular flexibility index (Phi) is 4.28. The van der Waals surface area contributed by atoms with E-state index in [0.717, 1.165) is 19.6 Å².